The van der Waals surface area contributed by atoms with Gasteiger partial charge in [-0.25, -0.2) is 9.18 Å². The van der Waals surface area contributed by atoms with Crippen LogP contribution in [-0.2, 0) is 17.9 Å². The number of rotatable bonds is 8. The van der Waals surface area contributed by atoms with E-state index in [1.165, 1.54) is 12.1 Å². The minimum atomic E-state index is -0.285. The Morgan fingerprint density at radius 3 is 2.28 bits per heavy atom. The van der Waals surface area contributed by atoms with Gasteiger partial charge in [-0.05, 0) is 50.8 Å². The second kappa shape index (κ2) is 9.05. The summed E-state index contributed by atoms with van der Waals surface area (Å²) in [5.74, 6) is -0.411. The first kappa shape index (κ1) is 20.8. The van der Waals surface area contributed by atoms with Crippen molar-refractivity contribution in [1.82, 2.24) is 19.4 Å². The van der Waals surface area contributed by atoms with Crippen LogP contribution in [0.25, 0.3) is 11.0 Å². The van der Waals surface area contributed by atoms with Gasteiger partial charge in [-0.15, -0.1) is 0 Å². The number of benzene rings is 2. The zero-order valence-corrected chi connectivity index (χ0v) is 17.1. The molecule has 0 fully saturated rings. The van der Waals surface area contributed by atoms with Crippen molar-refractivity contribution in [2.45, 2.75) is 32.5 Å². The molecular weight excluding hydrogens is 371 g/mol. The third-order valence-corrected chi connectivity index (χ3v) is 5.17. The lowest BCUT2D eigenvalue weighted by Gasteiger charge is -2.25. The SMILES string of the molecule is CCn1c(=O)n(CCC(=O)NCC(c2ccc(F)cc2)N(C)C)c2ccccc21. The van der Waals surface area contributed by atoms with Crippen LogP contribution in [0.15, 0.2) is 53.3 Å². The molecule has 1 amide bonds. The number of aryl methyl sites for hydroxylation is 2. The first-order valence-corrected chi connectivity index (χ1v) is 9.79. The lowest BCUT2D eigenvalue weighted by atomic mass is 10.1. The molecule has 0 saturated heterocycles. The number of hydrogen-bond donors (Lipinski definition) is 1. The number of fused-ring (bicyclic) bond motifs is 1. The largest absolute Gasteiger partial charge is 0.354 e. The topological polar surface area (TPSA) is 59.3 Å². The average molecular weight is 398 g/mol. The van der Waals surface area contributed by atoms with E-state index in [9.17, 15) is 14.0 Å². The maximum absolute atomic E-state index is 13.2. The lowest BCUT2D eigenvalue weighted by Crippen LogP contribution is -2.35. The molecule has 3 rings (SSSR count). The molecule has 1 heterocycles. The average Bonchev–Trinajstić information content (AvgIpc) is 2.98. The summed E-state index contributed by atoms with van der Waals surface area (Å²) in [5.41, 5.74) is 2.55. The van der Waals surface area contributed by atoms with Gasteiger partial charge in [-0.3, -0.25) is 13.9 Å². The molecule has 3 aromatic rings. The van der Waals surface area contributed by atoms with Gasteiger partial charge in [-0.1, -0.05) is 24.3 Å². The molecule has 0 aliphatic rings. The van der Waals surface area contributed by atoms with E-state index in [1.807, 2.05) is 50.2 Å². The molecule has 0 bridgehead atoms. The van der Waals surface area contributed by atoms with Gasteiger partial charge >= 0.3 is 5.69 Å². The van der Waals surface area contributed by atoms with Crippen molar-refractivity contribution in [3.05, 3.63) is 70.4 Å². The van der Waals surface area contributed by atoms with Gasteiger partial charge in [0.15, 0.2) is 0 Å². The summed E-state index contributed by atoms with van der Waals surface area (Å²) in [6.07, 6.45) is 0.210. The second-order valence-electron chi connectivity index (χ2n) is 7.25. The summed E-state index contributed by atoms with van der Waals surface area (Å²) in [6.45, 7) is 3.24. The number of carbonyl (C=O) groups is 1. The van der Waals surface area contributed by atoms with Gasteiger partial charge in [0.25, 0.3) is 0 Å². The Bertz CT molecular complexity index is 1040. The third-order valence-electron chi connectivity index (χ3n) is 5.17. The maximum atomic E-state index is 13.2. The van der Waals surface area contributed by atoms with Crippen LogP contribution in [0.4, 0.5) is 4.39 Å². The summed E-state index contributed by atoms with van der Waals surface area (Å²) >= 11 is 0. The molecule has 1 unspecified atom stereocenters. The summed E-state index contributed by atoms with van der Waals surface area (Å²) in [6, 6.07) is 13.8. The Labute approximate surface area is 169 Å². The molecule has 7 heteroatoms. The number of aromatic nitrogens is 2. The predicted octanol–water partition coefficient (Wildman–Crippen LogP) is 2.77. The fourth-order valence-corrected chi connectivity index (χ4v) is 3.59. The molecule has 0 spiro atoms. The van der Waals surface area contributed by atoms with Crippen LogP contribution in [0, 0.1) is 5.82 Å². The van der Waals surface area contributed by atoms with Crippen LogP contribution in [0.1, 0.15) is 24.9 Å². The van der Waals surface area contributed by atoms with Crippen molar-refractivity contribution in [2.75, 3.05) is 20.6 Å². The van der Waals surface area contributed by atoms with Gasteiger partial charge in [0.2, 0.25) is 5.91 Å². The Hall–Kier alpha value is -2.93. The number of para-hydroxylation sites is 2. The summed E-state index contributed by atoms with van der Waals surface area (Å²) in [4.78, 5) is 27.1. The molecule has 0 aliphatic carbocycles. The van der Waals surface area contributed by atoms with E-state index in [1.54, 1.807) is 21.3 Å². The minimum absolute atomic E-state index is 0.0655. The van der Waals surface area contributed by atoms with Crippen LogP contribution in [0.2, 0.25) is 0 Å². The molecule has 154 valence electrons. The summed E-state index contributed by atoms with van der Waals surface area (Å²) in [7, 11) is 3.83. The van der Waals surface area contributed by atoms with E-state index in [0.717, 1.165) is 16.6 Å². The van der Waals surface area contributed by atoms with Crippen LogP contribution >= 0.6 is 0 Å². The van der Waals surface area contributed by atoms with Gasteiger partial charge in [0, 0.05) is 26.1 Å². The molecule has 1 aromatic heterocycles. The molecule has 0 saturated carbocycles. The Kier molecular flexibility index (Phi) is 6.49. The number of nitrogens with one attached hydrogen (secondary N) is 1. The van der Waals surface area contributed by atoms with Crippen LogP contribution in [0.5, 0.6) is 0 Å². The normalized spacial score (nSPS) is 12.4. The Morgan fingerprint density at radius 1 is 1.07 bits per heavy atom. The number of likely N-dealkylation sites (N-methyl/N-ethyl adjacent to an activating group) is 1. The predicted molar refractivity (Wildman–Crippen MR) is 112 cm³/mol. The molecule has 1 atom stereocenters. The number of amides is 1. The van der Waals surface area contributed by atoms with Crippen LogP contribution in [-0.4, -0.2) is 40.6 Å². The van der Waals surface area contributed by atoms with Crippen molar-refractivity contribution in [3.8, 4) is 0 Å². The van der Waals surface area contributed by atoms with Crippen molar-refractivity contribution in [1.29, 1.82) is 0 Å². The number of hydrogen-bond acceptors (Lipinski definition) is 3. The van der Waals surface area contributed by atoms with E-state index in [0.29, 0.717) is 19.6 Å². The number of nitrogens with zero attached hydrogens (tertiary/aromatic N) is 3. The van der Waals surface area contributed by atoms with Crippen molar-refractivity contribution in [2.24, 2.45) is 0 Å². The fraction of sp³-hybridized carbons (Fsp3) is 0.364. The van der Waals surface area contributed by atoms with E-state index in [-0.39, 0.29) is 29.9 Å². The Balaban J connectivity index is 1.66. The van der Waals surface area contributed by atoms with Crippen LogP contribution < -0.4 is 11.0 Å². The monoisotopic (exact) mass is 398 g/mol. The van der Waals surface area contributed by atoms with E-state index < -0.39 is 0 Å². The number of imidazole rings is 1. The van der Waals surface area contributed by atoms with E-state index in [4.69, 9.17) is 0 Å². The standard InChI is InChI=1S/C22H27FN4O2/c1-4-26-18-7-5-6-8-19(18)27(22(26)29)14-13-21(28)24-15-20(25(2)3)16-9-11-17(23)12-10-16/h5-12,20H,4,13-15H2,1-3H3,(H,24,28). The van der Waals surface area contributed by atoms with Gasteiger partial charge in [0.1, 0.15) is 5.82 Å². The van der Waals surface area contributed by atoms with Gasteiger partial charge < -0.3 is 10.2 Å². The molecule has 6 nitrogen and oxygen atoms in total. The molecule has 1 N–H and O–H groups in total. The smallest absolute Gasteiger partial charge is 0.329 e. The molecule has 0 radical (unpaired) electrons. The second-order valence-corrected chi connectivity index (χ2v) is 7.25. The molecule has 0 aliphatic heterocycles. The number of halogens is 1. The highest BCUT2D eigenvalue weighted by Gasteiger charge is 2.16. The summed E-state index contributed by atoms with van der Waals surface area (Å²) < 4.78 is 16.6. The number of carbonyl (C=O) groups excluding carboxylic acids is 1. The van der Waals surface area contributed by atoms with Gasteiger partial charge in [0.05, 0.1) is 17.1 Å². The van der Waals surface area contributed by atoms with Crippen molar-refractivity contribution < 1.29 is 9.18 Å². The third kappa shape index (κ3) is 4.56. The lowest BCUT2D eigenvalue weighted by molar-refractivity contribution is -0.121. The van der Waals surface area contributed by atoms with Gasteiger partial charge in [-0.2, -0.15) is 0 Å². The maximum Gasteiger partial charge on any atom is 0.329 e. The molecule has 29 heavy (non-hydrogen) atoms. The van der Waals surface area contributed by atoms with E-state index >= 15 is 0 Å². The summed E-state index contributed by atoms with van der Waals surface area (Å²) in [5, 5.41) is 2.94. The van der Waals surface area contributed by atoms with Crippen molar-refractivity contribution in [3.63, 3.8) is 0 Å². The zero-order valence-electron chi connectivity index (χ0n) is 17.1. The van der Waals surface area contributed by atoms with E-state index in [2.05, 4.69) is 5.32 Å². The zero-order chi connectivity index (χ0) is 21.0. The highest BCUT2D eigenvalue weighted by molar-refractivity contribution is 5.78. The molecular formula is C22H27FN4O2. The first-order chi connectivity index (χ1) is 13.9. The molecule has 2 aromatic carbocycles. The van der Waals surface area contributed by atoms with Crippen LogP contribution in [0.3, 0.4) is 0 Å². The fourth-order valence-electron chi connectivity index (χ4n) is 3.59. The first-order valence-electron chi connectivity index (χ1n) is 9.79. The highest BCUT2D eigenvalue weighted by Crippen LogP contribution is 2.18. The quantitative estimate of drug-likeness (QED) is 0.635. The Morgan fingerprint density at radius 2 is 1.69 bits per heavy atom. The highest BCUT2D eigenvalue weighted by atomic mass is 19.1. The minimum Gasteiger partial charge on any atom is -0.354 e. The van der Waals surface area contributed by atoms with Crippen molar-refractivity contribution >= 4 is 16.9 Å².